The van der Waals surface area contributed by atoms with Gasteiger partial charge in [0.2, 0.25) is 0 Å². The minimum absolute atomic E-state index is 0.126. The smallest absolute Gasteiger partial charge is 0.268 e. The maximum Gasteiger partial charge on any atom is 0.268 e. The van der Waals surface area contributed by atoms with Gasteiger partial charge in [-0.15, -0.1) is 0 Å². The molecule has 0 fully saturated rings. The summed E-state index contributed by atoms with van der Waals surface area (Å²) >= 11 is 5.91. The van der Waals surface area contributed by atoms with Gasteiger partial charge in [0.05, 0.1) is 10.4 Å². The lowest BCUT2D eigenvalue weighted by molar-refractivity contribution is 0.233. The van der Waals surface area contributed by atoms with Crippen LogP contribution >= 0.6 is 11.6 Å². The van der Waals surface area contributed by atoms with Crippen LogP contribution in [0.3, 0.4) is 0 Å². The molecule has 0 amide bonds. The van der Waals surface area contributed by atoms with E-state index in [2.05, 4.69) is 0 Å². The van der Waals surface area contributed by atoms with E-state index in [4.69, 9.17) is 22.1 Å². The molecule has 120 valence electrons. The largest absolute Gasteiger partial charge is 0.475 e. The second kappa shape index (κ2) is 5.88. The fourth-order valence-corrected chi connectivity index (χ4v) is 4.02. The SMILES string of the molecule is CC(N)Oc1cccc2c1ccn2S(=O)(=O)c1cccc(Cl)c1. The highest BCUT2D eigenvalue weighted by atomic mass is 35.5. The molecule has 0 saturated carbocycles. The van der Waals surface area contributed by atoms with Crippen molar-refractivity contribution in [3.63, 3.8) is 0 Å². The highest BCUT2D eigenvalue weighted by molar-refractivity contribution is 7.90. The predicted molar refractivity (Wildman–Crippen MR) is 90.3 cm³/mol. The third-order valence-electron chi connectivity index (χ3n) is 3.32. The number of halogens is 1. The second-order valence-electron chi connectivity index (χ2n) is 5.09. The first-order chi connectivity index (χ1) is 10.9. The van der Waals surface area contributed by atoms with Crippen molar-refractivity contribution in [2.45, 2.75) is 18.0 Å². The molecule has 0 bridgehead atoms. The Morgan fingerprint density at radius 3 is 2.61 bits per heavy atom. The molecule has 1 heterocycles. The molecule has 1 atom stereocenters. The summed E-state index contributed by atoms with van der Waals surface area (Å²) in [5, 5.41) is 1.04. The Kier molecular flexibility index (Phi) is 4.06. The molecule has 1 aromatic heterocycles. The summed E-state index contributed by atoms with van der Waals surface area (Å²) in [6, 6.07) is 13.0. The Morgan fingerprint density at radius 1 is 1.17 bits per heavy atom. The monoisotopic (exact) mass is 350 g/mol. The molecule has 0 aliphatic heterocycles. The topological polar surface area (TPSA) is 74.3 Å². The van der Waals surface area contributed by atoms with Crippen molar-refractivity contribution in [3.05, 3.63) is 59.8 Å². The molecular weight excluding hydrogens is 336 g/mol. The summed E-state index contributed by atoms with van der Waals surface area (Å²) in [5.41, 5.74) is 6.17. The van der Waals surface area contributed by atoms with Crippen molar-refractivity contribution in [2.24, 2.45) is 5.73 Å². The number of ether oxygens (including phenoxy) is 1. The second-order valence-corrected chi connectivity index (χ2v) is 7.34. The minimum Gasteiger partial charge on any atom is -0.475 e. The van der Waals surface area contributed by atoms with Crippen LogP contribution in [-0.2, 0) is 10.0 Å². The molecule has 23 heavy (non-hydrogen) atoms. The number of fused-ring (bicyclic) bond motifs is 1. The molecule has 0 aliphatic rings. The van der Waals surface area contributed by atoms with Crippen LogP contribution in [0.1, 0.15) is 6.92 Å². The fourth-order valence-electron chi connectivity index (χ4n) is 2.37. The van der Waals surface area contributed by atoms with Crippen LogP contribution in [0, 0.1) is 0 Å². The van der Waals surface area contributed by atoms with E-state index in [9.17, 15) is 8.42 Å². The molecule has 5 nitrogen and oxygen atoms in total. The summed E-state index contributed by atoms with van der Waals surface area (Å²) in [7, 11) is -3.74. The van der Waals surface area contributed by atoms with Crippen LogP contribution in [0.25, 0.3) is 10.9 Å². The van der Waals surface area contributed by atoms with Gasteiger partial charge in [-0.3, -0.25) is 5.73 Å². The van der Waals surface area contributed by atoms with Crippen LogP contribution in [-0.4, -0.2) is 18.6 Å². The quantitative estimate of drug-likeness (QED) is 0.733. The van der Waals surface area contributed by atoms with E-state index in [1.165, 1.54) is 22.3 Å². The van der Waals surface area contributed by atoms with Crippen LogP contribution in [0.15, 0.2) is 59.6 Å². The van der Waals surface area contributed by atoms with Crippen molar-refractivity contribution in [1.29, 1.82) is 0 Å². The predicted octanol–water partition coefficient (Wildman–Crippen LogP) is 3.22. The lowest BCUT2D eigenvalue weighted by Gasteiger charge is -2.12. The molecule has 2 N–H and O–H groups in total. The van der Waals surface area contributed by atoms with E-state index in [1.807, 2.05) is 0 Å². The maximum atomic E-state index is 12.8. The number of aromatic nitrogens is 1. The molecule has 0 spiro atoms. The molecule has 3 aromatic rings. The van der Waals surface area contributed by atoms with Gasteiger partial charge in [0, 0.05) is 16.6 Å². The number of hydrogen-bond acceptors (Lipinski definition) is 4. The lowest BCUT2D eigenvalue weighted by Crippen LogP contribution is -2.22. The number of hydrogen-bond donors (Lipinski definition) is 1. The van der Waals surface area contributed by atoms with Gasteiger partial charge in [-0.1, -0.05) is 23.7 Å². The Hall–Kier alpha value is -2.02. The average molecular weight is 351 g/mol. The third kappa shape index (κ3) is 2.93. The Bertz CT molecular complexity index is 964. The van der Waals surface area contributed by atoms with E-state index >= 15 is 0 Å². The first-order valence-corrected chi connectivity index (χ1v) is 8.75. The number of nitrogens with zero attached hydrogens (tertiary/aromatic N) is 1. The summed E-state index contributed by atoms with van der Waals surface area (Å²) in [4.78, 5) is 0.126. The Morgan fingerprint density at radius 2 is 1.91 bits per heavy atom. The van der Waals surface area contributed by atoms with E-state index < -0.39 is 16.3 Å². The van der Waals surface area contributed by atoms with Gasteiger partial charge in [-0.2, -0.15) is 0 Å². The van der Waals surface area contributed by atoms with E-state index in [0.29, 0.717) is 21.7 Å². The van der Waals surface area contributed by atoms with Crippen molar-refractivity contribution >= 4 is 32.5 Å². The first-order valence-electron chi connectivity index (χ1n) is 6.93. The zero-order chi connectivity index (χ0) is 16.6. The molecule has 3 rings (SSSR count). The molecule has 0 aliphatic carbocycles. The molecule has 2 aromatic carbocycles. The molecular formula is C16H15ClN2O3S. The van der Waals surface area contributed by atoms with E-state index in [1.54, 1.807) is 43.3 Å². The number of nitrogens with two attached hydrogens (primary N) is 1. The zero-order valence-corrected chi connectivity index (χ0v) is 13.9. The van der Waals surface area contributed by atoms with Gasteiger partial charge in [0.25, 0.3) is 10.0 Å². The maximum absolute atomic E-state index is 12.8. The van der Waals surface area contributed by atoms with Gasteiger partial charge in [0.1, 0.15) is 12.0 Å². The van der Waals surface area contributed by atoms with E-state index in [0.717, 1.165) is 0 Å². The summed E-state index contributed by atoms with van der Waals surface area (Å²) in [6.45, 7) is 1.71. The van der Waals surface area contributed by atoms with Gasteiger partial charge >= 0.3 is 0 Å². The number of rotatable bonds is 4. The van der Waals surface area contributed by atoms with Crippen molar-refractivity contribution in [1.82, 2.24) is 3.97 Å². The standard InChI is InChI=1S/C16H15ClN2O3S/c1-11(18)22-16-7-3-6-15-14(16)8-9-19(15)23(20,21)13-5-2-4-12(17)10-13/h2-11H,18H2,1H3. The highest BCUT2D eigenvalue weighted by Gasteiger charge is 2.20. The summed E-state index contributed by atoms with van der Waals surface area (Å²) < 4.78 is 32.4. The Balaban J connectivity index is 2.17. The van der Waals surface area contributed by atoms with Crippen molar-refractivity contribution in [2.75, 3.05) is 0 Å². The van der Waals surface area contributed by atoms with Gasteiger partial charge in [-0.25, -0.2) is 12.4 Å². The number of benzene rings is 2. The van der Waals surface area contributed by atoms with Crippen LogP contribution in [0.4, 0.5) is 0 Å². The van der Waals surface area contributed by atoms with Crippen LogP contribution in [0.2, 0.25) is 5.02 Å². The van der Waals surface area contributed by atoms with Gasteiger partial charge < -0.3 is 4.74 Å². The zero-order valence-electron chi connectivity index (χ0n) is 12.3. The molecule has 0 radical (unpaired) electrons. The third-order valence-corrected chi connectivity index (χ3v) is 5.24. The molecule has 1 unspecified atom stereocenters. The lowest BCUT2D eigenvalue weighted by atomic mass is 10.2. The molecule has 7 heteroatoms. The Labute approximate surface area is 139 Å². The highest BCUT2D eigenvalue weighted by Crippen LogP contribution is 2.30. The fraction of sp³-hybridized carbons (Fsp3) is 0.125. The minimum atomic E-state index is -3.74. The summed E-state index contributed by atoms with van der Waals surface area (Å²) in [6.07, 6.45) is 1.00. The van der Waals surface area contributed by atoms with Gasteiger partial charge in [0.15, 0.2) is 0 Å². The summed E-state index contributed by atoms with van der Waals surface area (Å²) in [5.74, 6) is 0.539. The van der Waals surface area contributed by atoms with Crippen LogP contribution in [0.5, 0.6) is 5.75 Å². The average Bonchev–Trinajstić information content (AvgIpc) is 2.92. The normalized spacial score (nSPS) is 13.2. The van der Waals surface area contributed by atoms with Crippen LogP contribution < -0.4 is 10.5 Å². The van der Waals surface area contributed by atoms with Crippen molar-refractivity contribution < 1.29 is 13.2 Å². The van der Waals surface area contributed by atoms with Crippen molar-refractivity contribution in [3.8, 4) is 5.75 Å². The van der Waals surface area contributed by atoms with E-state index in [-0.39, 0.29) is 4.90 Å². The van der Waals surface area contributed by atoms with Gasteiger partial charge in [-0.05, 0) is 43.3 Å². The molecule has 0 saturated heterocycles. The first kappa shape index (κ1) is 15.9.